The maximum Gasteiger partial charge on any atom is 0.125 e. The molecule has 0 aliphatic heterocycles. The van der Waals surface area contributed by atoms with Crippen molar-refractivity contribution in [1.82, 2.24) is 0 Å². The number of halogens is 1. The maximum atomic E-state index is 10.5. The molecular formula is C13H17BrO2. The van der Waals surface area contributed by atoms with Crippen LogP contribution in [0.2, 0.25) is 0 Å². The first kappa shape index (κ1) is 13.2. The molecule has 0 saturated carbocycles. The fourth-order valence-electron chi connectivity index (χ4n) is 1.93. The minimum Gasteiger partial charge on any atom is -0.496 e. The smallest absolute Gasteiger partial charge is 0.125 e. The Labute approximate surface area is 105 Å². The van der Waals surface area contributed by atoms with Crippen molar-refractivity contribution in [2.75, 3.05) is 7.11 Å². The molecule has 0 amide bonds. The molecule has 0 aliphatic carbocycles. The summed E-state index contributed by atoms with van der Waals surface area (Å²) in [7, 11) is 1.68. The van der Waals surface area contributed by atoms with E-state index < -0.39 is 0 Å². The molecule has 0 radical (unpaired) electrons. The van der Waals surface area contributed by atoms with Crippen molar-refractivity contribution < 1.29 is 9.53 Å². The van der Waals surface area contributed by atoms with Crippen LogP contribution in [0.4, 0.5) is 0 Å². The van der Waals surface area contributed by atoms with Gasteiger partial charge in [0.25, 0.3) is 0 Å². The Hall–Kier alpha value is -0.830. The third-order valence-corrected chi connectivity index (χ3v) is 4.19. The Morgan fingerprint density at radius 3 is 2.31 bits per heavy atom. The molecule has 0 unspecified atom stereocenters. The van der Waals surface area contributed by atoms with Crippen LogP contribution in [0.1, 0.15) is 28.7 Å². The first-order valence-corrected chi connectivity index (χ1v) is 6.09. The number of rotatable bonds is 4. The summed E-state index contributed by atoms with van der Waals surface area (Å²) in [6.07, 6.45) is 2.21. The van der Waals surface area contributed by atoms with E-state index in [2.05, 4.69) is 29.8 Å². The number of carbonyl (C=O) groups excluding carboxylic acids is 1. The molecule has 0 aliphatic rings. The Balaban J connectivity index is 3.38. The van der Waals surface area contributed by atoms with Crippen molar-refractivity contribution in [3.8, 4) is 5.75 Å². The van der Waals surface area contributed by atoms with Crippen LogP contribution in [0.15, 0.2) is 4.47 Å². The fraction of sp³-hybridized carbons (Fsp3) is 0.462. The van der Waals surface area contributed by atoms with Crippen LogP contribution in [-0.2, 0) is 11.2 Å². The zero-order valence-corrected chi connectivity index (χ0v) is 11.8. The Morgan fingerprint density at radius 2 is 1.81 bits per heavy atom. The van der Waals surface area contributed by atoms with Gasteiger partial charge in [-0.2, -0.15) is 0 Å². The second-order valence-corrected chi connectivity index (χ2v) is 4.70. The van der Waals surface area contributed by atoms with Gasteiger partial charge in [-0.3, -0.25) is 0 Å². The molecular weight excluding hydrogens is 268 g/mol. The van der Waals surface area contributed by atoms with Crippen LogP contribution in [0.5, 0.6) is 5.75 Å². The van der Waals surface area contributed by atoms with Crippen LogP contribution < -0.4 is 4.74 Å². The van der Waals surface area contributed by atoms with Crippen molar-refractivity contribution >= 4 is 22.2 Å². The van der Waals surface area contributed by atoms with Crippen molar-refractivity contribution in [2.45, 2.75) is 33.6 Å². The second-order valence-electron chi connectivity index (χ2n) is 3.91. The van der Waals surface area contributed by atoms with E-state index in [1.54, 1.807) is 7.11 Å². The summed E-state index contributed by atoms with van der Waals surface area (Å²) in [5, 5.41) is 0. The minimum atomic E-state index is 0.534. The number of hydrogen-bond acceptors (Lipinski definition) is 2. The molecule has 0 saturated heterocycles. The van der Waals surface area contributed by atoms with Crippen molar-refractivity contribution in [1.29, 1.82) is 0 Å². The Morgan fingerprint density at radius 1 is 1.19 bits per heavy atom. The van der Waals surface area contributed by atoms with Gasteiger partial charge in [0.2, 0.25) is 0 Å². The second kappa shape index (κ2) is 5.48. The average Bonchev–Trinajstić information content (AvgIpc) is 2.29. The molecule has 0 atom stereocenters. The van der Waals surface area contributed by atoms with E-state index in [0.717, 1.165) is 34.1 Å². The lowest BCUT2D eigenvalue weighted by Crippen LogP contribution is -2.02. The van der Waals surface area contributed by atoms with E-state index in [4.69, 9.17) is 4.74 Å². The quantitative estimate of drug-likeness (QED) is 0.791. The van der Waals surface area contributed by atoms with Gasteiger partial charge in [-0.05, 0) is 49.4 Å². The van der Waals surface area contributed by atoms with Gasteiger partial charge in [-0.25, -0.2) is 0 Å². The van der Waals surface area contributed by atoms with Gasteiger partial charge < -0.3 is 9.53 Å². The molecule has 1 aromatic carbocycles. The minimum absolute atomic E-state index is 0.534. The standard InChI is InChI=1S/C13H17BrO2/c1-8-9(2)13(16-4)11(6-5-7-15)10(3)12(8)14/h7H,5-6H2,1-4H3. The predicted molar refractivity (Wildman–Crippen MR) is 69.3 cm³/mol. The molecule has 2 nitrogen and oxygen atoms in total. The summed E-state index contributed by atoms with van der Waals surface area (Å²) in [4.78, 5) is 10.5. The average molecular weight is 285 g/mol. The topological polar surface area (TPSA) is 26.3 Å². The van der Waals surface area contributed by atoms with Crippen LogP contribution in [0.3, 0.4) is 0 Å². The summed E-state index contributed by atoms with van der Waals surface area (Å²) in [5.41, 5.74) is 4.64. The molecule has 1 aromatic rings. The molecule has 0 spiro atoms. The zero-order chi connectivity index (χ0) is 12.3. The zero-order valence-electron chi connectivity index (χ0n) is 10.2. The van der Waals surface area contributed by atoms with Crippen LogP contribution >= 0.6 is 15.9 Å². The van der Waals surface area contributed by atoms with Crippen molar-refractivity contribution in [3.63, 3.8) is 0 Å². The maximum absolute atomic E-state index is 10.5. The summed E-state index contributed by atoms with van der Waals surface area (Å²) in [6, 6.07) is 0. The molecule has 0 N–H and O–H groups in total. The highest BCUT2D eigenvalue weighted by atomic mass is 79.9. The molecule has 88 valence electrons. The van der Waals surface area contributed by atoms with Gasteiger partial charge in [0, 0.05) is 10.9 Å². The fourth-order valence-corrected chi connectivity index (χ4v) is 2.46. The third-order valence-electron chi connectivity index (χ3n) is 3.00. The number of benzene rings is 1. The van der Waals surface area contributed by atoms with Gasteiger partial charge in [0.05, 0.1) is 7.11 Å². The molecule has 0 bridgehead atoms. The molecule has 0 heterocycles. The van der Waals surface area contributed by atoms with E-state index in [9.17, 15) is 4.79 Å². The number of ether oxygens (including phenoxy) is 1. The lowest BCUT2D eigenvalue weighted by atomic mass is 9.96. The highest BCUT2D eigenvalue weighted by Gasteiger charge is 2.15. The van der Waals surface area contributed by atoms with E-state index in [-0.39, 0.29) is 0 Å². The molecule has 0 aromatic heterocycles. The van der Waals surface area contributed by atoms with Crippen molar-refractivity contribution in [3.05, 3.63) is 26.7 Å². The SMILES string of the molecule is COc1c(C)c(C)c(Br)c(C)c1CCC=O. The normalized spacial score (nSPS) is 10.3. The highest BCUT2D eigenvalue weighted by molar-refractivity contribution is 9.10. The van der Waals surface area contributed by atoms with Crippen LogP contribution in [-0.4, -0.2) is 13.4 Å². The monoisotopic (exact) mass is 284 g/mol. The summed E-state index contributed by atoms with van der Waals surface area (Å²) >= 11 is 3.59. The van der Waals surface area contributed by atoms with E-state index in [1.165, 1.54) is 11.1 Å². The van der Waals surface area contributed by atoms with Crippen molar-refractivity contribution in [2.24, 2.45) is 0 Å². The Bertz CT molecular complexity index is 411. The predicted octanol–water partition coefficient (Wildman–Crippen LogP) is 3.51. The summed E-state index contributed by atoms with van der Waals surface area (Å²) in [6.45, 7) is 6.17. The van der Waals surface area contributed by atoms with Crippen LogP contribution in [0.25, 0.3) is 0 Å². The first-order chi connectivity index (χ1) is 7.54. The van der Waals surface area contributed by atoms with Gasteiger partial charge >= 0.3 is 0 Å². The molecule has 16 heavy (non-hydrogen) atoms. The van der Waals surface area contributed by atoms with Gasteiger partial charge in [0.1, 0.15) is 12.0 Å². The summed E-state index contributed by atoms with van der Waals surface area (Å²) in [5.74, 6) is 0.917. The molecule has 3 heteroatoms. The van der Waals surface area contributed by atoms with E-state index >= 15 is 0 Å². The van der Waals surface area contributed by atoms with Gasteiger partial charge in [0.15, 0.2) is 0 Å². The Kier molecular flexibility index (Phi) is 4.54. The number of carbonyl (C=O) groups is 1. The molecule has 1 rings (SSSR count). The lowest BCUT2D eigenvalue weighted by molar-refractivity contribution is -0.107. The van der Waals surface area contributed by atoms with E-state index in [1.807, 2.05) is 6.92 Å². The highest BCUT2D eigenvalue weighted by Crippen LogP contribution is 2.36. The van der Waals surface area contributed by atoms with Crippen LogP contribution in [0, 0.1) is 20.8 Å². The van der Waals surface area contributed by atoms with Gasteiger partial charge in [-0.15, -0.1) is 0 Å². The van der Waals surface area contributed by atoms with Gasteiger partial charge in [-0.1, -0.05) is 15.9 Å². The number of methoxy groups -OCH3 is 1. The molecule has 0 fully saturated rings. The van der Waals surface area contributed by atoms with E-state index in [0.29, 0.717) is 6.42 Å². The number of hydrogen-bond donors (Lipinski definition) is 0. The first-order valence-electron chi connectivity index (χ1n) is 5.30. The third kappa shape index (κ3) is 2.29. The summed E-state index contributed by atoms with van der Waals surface area (Å²) < 4.78 is 6.57. The lowest BCUT2D eigenvalue weighted by Gasteiger charge is -2.18. The largest absolute Gasteiger partial charge is 0.496 e. The number of aldehydes is 1.